The second-order valence-corrected chi connectivity index (χ2v) is 12.8. The Morgan fingerprint density at radius 2 is 1.78 bits per heavy atom. The lowest BCUT2D eigenvalue weighted by atomic mass is 9.82. The molecular weight excluding hydrogens is 551 g/mol. The first-order valence-corrected chi connectivity index (χ1v) is 15.9. The van der Waals surface area contributed by atoms with Crippen molar-refractivity contribution in [2.75, 3.05) is 56.7 Å². The number of halogens is 1. The summed E-state index contributed by atoms with van der Waals surface area (Å²) >= 11 is 0. The Hall–Kier alpha value is -3.13. The van der Waals surface area contributed by atoms with Crippen LogP contribution in [0.25, 0.3) is 16.7 Å². The predicted octanol–water partition coefficient (Wildman–Crippen LogP) is 2.18. The highest BCUT2D eigenvalue weighted by atomic mass is 32.2. The average molecular weight is 587 g/mol. The number of hydrogen-bond acceptors (Lipinski definition) is 9. The van der Waals surface area contributed by atoms with Crippen molar-refractivity contribution in [3.8, 4) is 5.69 Å². The summed E-state index contributed by atoms with van der Waals surface area (Å²) in [5.41, 5.74) is 2.66. The second kappa shape index (κ2) is 11.6. The van der Waals surface area contributed by atoms with Gasteiger partial charge in [0, 0.05) is 38.1 Å². The number of nitrogens with one attached hydrogen (secondary N) is 1. The molecule has 2 N–H and O–H groups in total. The van der Waals surface area contributed by atoms with Gasteiger partial charge in [0.15, 0.2) is 5.65 Å². The molecule has 2 saturated heterocycles. The van der Waals surface area contributed by atoms with Gasteiger partial charge in [0.1, 0.15) is 11.5 Å². The average Bonchev–Trinajstić information content (AvgIpc) is 3.31. The quantitative estimate of drug-likeness (QED) is 0.408. The number of carbonyl (C=O) groups is 1. The zero-order valence-electron chi connectivity index (χ0n) is 22.8. The summed E-state index contributed by atoms with van der Waals surface area (Å²) in [5, 5.41) is 14.9. The maximum absolute atomic E-state index is 13.8. The third-order valence-electron chi connectivity index (χ3n) is 8.42. The third kappa shape index (κ3) is 5.81. The van der Waals surface area contributed by atoms with Crippen molar-refractivity contribution in [2.24, 2.45) is 0 Å². The lowest BCUT2D eigenvalue weighted by Gasteiger charge is -2.41. The number of anilines is 1. The van der Waals surface area contributed by atoms with Crippen molar-refractivity contribution in [3.63, 3.8) is 0 Å². The maximum atomic E-state index is 13.8. The Bertz CT molecular complexity index is 1510. The number of pyridine rings is 1. The van der Waals surface area contributed by atoms with Crippen LogP contribution in [0.3, 0.4) is 0 Å². The van der Waals surface area contributed by atoms with Crippen LogP contribution in [0.1, 0.15) is 54.2 Å². The number of fused-ring (bicyclic) bond motifs is 1. The van der Waals surface area contributed by atoms with Crippen LogP contribution in [-0.2, 0) is 14.8 Å². The number of aliphatic hydroxyl groups excluding tert-OH is 1. The highest BCUT2D eigenvalue weighted by molar-refractivity contribution is 7.90. The number of benzene rings is 1. The molecule has 41 heavy (non-hydrogen) atoms. The van der Waals surface area contributed by atoms with E-state index in [1.807, 2.05) is 4.72 Å². The fraction of sp³-hybridized carbons (Fsp3) is 0.536. The van der Waals surface area contributed by atoms with E-state index in [9.17, 15) is 17.6 Å². The minimum absolute atomic E-state index is 0.0623. The minimum atomic E-state index is -4.04. The smallest absolute Gasteiger partial charge is 0.283 e. The molecule has 1 saturated carbocycles. The molecule has 2 aromatic heterocycles. The standard InChI is InChI=1S/C28H35FN6O5S/c29-20-4-6-22(7-5-20)35-27-25(26(31-35)19-2-1-3-19)24(18-23(30-27)28(37)32-41(38,39)17-14-36)34-10-8-21(9-11-34)33-12-15-40-16-13-33/h4-7,18-19,21,36H,1-3,8-17H2,(H,32,37). The number of piperidine rings is 1. The highest BCUT2D eigenvalue weighted by Crippen LogP contribution is 2.43. The number of nitrogens with zero attached hydrogens (tertiary/aromatic N) is 5. The van der Waals surface area contributed by atoms with E-state index in [0.717, 1.165) is 88.3 Å². The molecule has 6 rings (SSSR count). The Morgan fingerprint density at radius 3 is 2.41 bits per heavy atom. The number of hydrogen-bond donors (Lipinski definition) is 2. The first-order valence-electron chi connectivity index (χ1n) is 14.2. The van der Waals surface area contributed by atoms with Crippen LogP contribution in [0.2, 0.25) is 0 Å². The third-order valence-corrected chi connectivity index (χ3v) is 9.63. The molecule has 0 spiro atoms. The molecule has 4 heterocycles. The lowest BCUT2D eigenvalue weighted by molar-refractivity contribution is 0.0115. The molecule has 0 bridgehead atoms. The predicted molar refractivity (Wildman–Crippen MR) is 151 cm³/mol. The van der Waals surface area contributed by atoms with Crippen LogP contribution in [0.15, 0.2) is 30.3 Å². The van der Waals surface area contributed by atoms with Crippen molar-refractivity contribution in [1.82, 2.24) is 24.4 Å². The van der Waals surface area contributed by atoms with Gasteiger partial charge in [0.05, 0.1) is 48.0 Å². The Kier molecular flexibility index (Phi) is 7.94. The molecule has 1 aromatic carbocycles. The molecule has 0 atom stereocenters. The van der Waals surface area contributed by atoms with Gasteiger partial charge in [-0.2, -0.15) is 5.10 Å². The van der Waals surface area contributed by atoms with Gasteiger partial charge in [-0.1, -0.05) is 6.42 Å². The highest BCUT2D eigenvalue weighted by Gasteiger charge is 2.33. The minimum Gasteiger partial charge on any atom is -0.395 e. The SMILES string of the molecule is O=C(NS(=O)(=O)CCO)c1cc(N2CCC(N3CCOCC3)CC2)c2c(C3CCC3)nn(-c3ccc(F)cc3)c2n1. The van der Waals surface area contributed by atoms with Gasteiger partial charge < -0.3 is 14.7 Å². The molecule has 11 nitrogen and oxygen atoms in total. The zero-order valence-corrected chi connectivity index (χ0v) is 23.7. The summed E-state index contributed by atoms with van der Waals surface area (Å²) in [6.45, 7) is 4.25. The lowest BCUT2D eigenvalue weighted by Crippen LogP contribution is -2.49. The molecule has 0 unspecified atom stereocenters. The van der Waals surface area contributed by atoms with Gasteiger partial charge in [-0.05, 0) is 56.0 Å². The number of aliphatic hydroxyl groups is 1. The first-order chi connectivity index (χ1) is 19.8. The summed E-state index contributed by atoms with van der Waals surface area (Å²) < 4.78 is 47.6. The molecule has 1 amide bonds. The van der Waals surface area contributed by atoms with Crippen molar-refractivity contribution in [2.45, 2.75) is 44.1 Å². The summed E-state index contributed by atoms with van der Waals surface area (Å²) in [5.74, 6) is -1.60. The van der Waals surface area contributed by atoms with E-state index < -0.39 is 28.3 Å². The van der Waals surface area contributed by atoms with Gasteiger partial charge >= 0.3 is 0 Å². The van der Waals surface area contributed by atoms with Crippen molar-refractivity contribution < 1.29 is 27.4 Å². The maximum Gasteiger partial charge on any atom is 0.283 e. The molecular formula is C28H35FN6O5S. The van der Waals surface area contributed by atoms with E-state index >= 15 is 0 Å². The summed E-state index contributed by atoms with van der Waals surface area (Å²) in [4.78, 5) is 22.6. The fourth-order valence-corrected chi connectivity index (χ4v) is 6.73. The number of carbonyl (C=O) groups excluding carboxylic acids is 1. The van der Waals surface area contributed by atoms with Crippen LogP contribution in [0, 0.1) is 5.82 Å². The van der Waals surface area contributed by atoms with E-state index in [4.69, 9.17) is 14.9 Å². The monoisotopic (exact) mass is 586 g/mol. The van der Waals surface area contributed by atoms with Gasteiger partial charge in [-0.15, -0.1) is 0 Å². The summed E-state index contributed by atoms with van der Waals surface area (Å²) in [6.07, 6.45) is 4.99. The molecule has 1 aliphatic carbocycles. The largest absolute Gasteiger partial charge is 0.395 e. The van der Waals surface area contributed by atoms with Gasteiger partial charge in [-0.3, -0.25) is 9.69 Å². The normalized spacial score (nSPS) is 19.4. The van der Waals surface area contributed by atoms with Gasteiger partial charge in [0.2, 0.25) is 10.0 Å². The van der Waals surface area contributed by atoms with E-state index in [2.05, 4.69) is 14.8 Å². The topological polar surface area (TPSA) is 130 Å². The van der Waals surface area contributed by atoms with Crippen LogP contribution in [-0.4, -0.2) is 96.9 Å². The van der Waals surface area contributed by atoms with Crippen molar-refractivity contribution >= 4 is 32.7 Å². The van der Waals surface area contributed by atoms with Gasteiger partial charge in [0.25, 0.3) is 5.91 Å². The summed E-state index contributed by atoms with van der Waals surface area (Å²) in [6, 6.07) is 8.04. The molecule has 3 fully saturated rings. The van der Waals surface area contributed by atoms with Crippen molar-refractivity contribution in [1.29, 1.82) is 0 Å². The molecule has 220 valence electrons. The number of rotatable bonds is 8. The van der Waals surface area contributed by atoms with Crippen molar-refractivity contribution in [3.05, 3.63) is 47.5 Å². The van der Waals surface area contributed by atoms with E-state index in [-0.39, 0.29) is 17.4 Å². The van der Waals surface area contributed by atoms with Crippen LogP contribution < -0.4 is 9.62 Å². The van der Waals surface area contributed by atoms with E-state index in [0.29, 0.717) is 17.4 Å². The van der Waals surface area contributed by atoms with Crippen LogP contribution in [0.5, 0.6) is 0 Å². The van der Waals surface area contributed by atoms with Crippen LogP contribution in [0.4, 0.5) is 10.1 Å². The fourth-order valence-electron chi connectivity index (χ4n) is 6.00. The first kappa shape index (κ1) is 28.0. The number of ether oxygens (including phenoxy) is 1. The summed E-state index contributed by atoms with van der Waals surface area (Å²) in [7, 11) is -4.04. The number of sulfonamides is 1. The molecule has 13 heteroatoms. The van der Waals surface area contributed by atoms with E-state index in [1.54, 1.807) is 22.9 Å². The molecule has 2 aliphatic heterocycles. The Balaban J connectivity index is 1.43. The molecule has 3 aliphatic rings. The number of aromatic nitrogens is 3. The Morgan fingerprint density at radius 1 is 1.07 bits per heavy atom. The van der Waals surface area contributed by atoms with E-state index in [1.165, 1.54) is 12.1 Å². The molecule has 3 aromatic rings. The van der Waals surface area contributed by atoms with Crippen LogP contribution >= 0.6 is 0 Å². The number of amides is 1. The second-order valence-electron chi connectivity index (χ2n) is 11.0. The van der Waals surface area contributed by atoms with Gasteiger partial charge in [-0.25, -0.2) is 27.2 Å². The molecule has 0 radical (unpaired) electrons. The Labute approximate surface area is 238 Å². The zero-order chi connectivity index (χ0) is 28.6. The number of morpholine rings is 1.